The molecule has 3 N–H and O–H groups in total. The Morgan fingerprint density at radius 2 is 1.77 bits per heavy atom. The number of aliphatic carboxylic acids is 1. The number of allylic oxidation sites excluding steroid dienone is 5. The molecule has 12 heteroatoms. The number of carboxylic acids is 1. The molecule has 0 aromatic heterocycles. The predicted molar refractivity (Wildman–Crippen MR) is 154 cm³/mol. The third-order valence-corrected chi connectivity index (χ3v) is 8.83. The van der Waals surface area contributed by atoms with Crippen molar-refractivity contribution in [1.82, 2.24) is 15.5 Å². The van der Waals surface area contributed by atoms with Crippen molar-refractivity contribution in [3.8, 4) is 0 Å². The Morgan fingerprint density at radius 3 is 2.42 bits per heavy atom. The van der Waals surface area contributed by atoms with Gasteiger partial charge in [0.25, 0.3) is 0 Å². The number of nitrogens with one attached hydrogen (secondary N) is 2. The SMILES string of the molecule is CNC(=O)CCSC(SCCC(=O)O)c1cccc(C=CC2=CC=C3C=CC(C(F)(F)F)=CC3N2C(=O)NC)c1. The van der Waals surface area contributed by atoms with Gasteiger partial charge in [-0.1, -0.05) is 36.4 Å². The predicted octanol–water partition coefficient (Wildman–Crippen LogP) is 5.67. The first-order valence-corrected chi connectivity index (χ1v) is 14.5. The Bertz CT molecular complexity index is 1270. The zero-order valence-corrected chi connectivity index (χ0v) is 23.5. The van der Waals surface area contributed by atoms with E-state index in [0.717, 1.165) is 23.3 Å². The third kappa shape index (κ3) is 8.56. The fourth-order valence-corrected chi connectivity index (χ4v) is 6.63. The molecule has 3 amide bonds. The van der Waals surface area contributed by atoms with Crippen molar-refractivity contribution in [1.29, 1.82) is 0 Å². The van der Waals surface area contributed by atoms with Crippen molar-refractivity contribution < 1.29 is 32.7 Å². The van der Waals surface area contributed by atoms with Crippen LogP contribution in [0, 0.1) is 0 Å². The molecule has 1 aromatic carbocycles. The average Bonchev–Trinajstić information content (AvgIpc) is 2.93. The summed E-state index contributed by atoms with van der Waals surface area (Å²) < 4.78 is 40.1. The summed E-state index contributed by atoms with van der Waals surface area (Å²) in [5.41, 5.74) is 1.87. The maximum Gasteiger partial charge on any atom is 0.416 e. The minimum atomic E-state index is -4.54. The summed E-state index contributed by atoms with van der Waals surface area (Å²) in [5, 5.41) is 14.1. The Kier molecular flexibility index (Phi) is 11.1. The van der Waals surface area contributed by atoms with E-state index in [1.54, 1.807) is 43.1 Å². The van der Waals surface area contributed by atoms with Gasteiger partial charge in [-0.2, -0.15) is 13.2 Å². The number of carbonyl (C=O) groups excluding carboxylic acids is 2. The van der Waals surface area contributed by atoms with E-state index in [9.17, 15) is 27.6 Å². The molecule has 2 aliphatic rings. The van der Waals surface area contributed by atoms with Gasteiger partial charge in [0.2, 0.25) is 5.91 Å². The molecule has 0 spiro atoms. The van der Waals surface area contributed by atoms with Crippen molar-refractivity contribution in [2.24, 2.45) is 0 Å². The number of urea groups is 1. The summed E-state index contributed by atoms with van der Waals surface area (Å²) in [6.45, 7) is 0. The minimum Gasteiger partial charge on any atom is -0.481 e. The van der Waals surface area contributed by atoms with Crippen LogP contribution < -0.4 is 10.6 Å². The highest BCUT2D eigenvalue weighted by atomic mass is 32.2. The summed E-state index contributed by atoms with van der Waals surface area (Å²) in [5.74, 6) is -0.0136. The van der Waals surface area contributed by atoms with Crippen LogP contribution >= 0.6 is 23.5 Å². The van der Waals surface area contributed by atoms with Crippen molar-refractivity contribution in [2.75, 3.05) is 25.6 Å². The second-order valence-corrected chi connectivity index (χ2v) is 11.4. The van der Waals surface area contributed by atoms with E-state index in [2.05, 4.69) is 10.6 Å². The van der Waals surface area contributed by atoms with E-state index in [0.29, 0.717) is 29.2 Å². The number of alkyl halides is 3. The van der Waals surface area contributed by atoms with Gasteiger partial charge in [0, 0.05) is 37.7 Å². The van der Waals surface area contributed by atoms with Crippen LogP contribution in [0.15, 0.2) is 77.6 Å². The Balaban J connectivity index is 1.84. The number of halogens is 3. The lowest BCUT2D eigenvalue weighted by Gasteiger charge is -2.35. The number of fused-ring (bicyclic) bond motifs is 1. The van der Waals surface area contributed by atoms with Crippen molar-refractivity contribution in [3.05, 3.63) is 88.7 Å². The highest BCUT2D eigenvalue weighted by molar-refractivity contribution is 8.16. The zero-order valence-electron chi connectivity index (χ0n) is 21.9. The molecular weight excluding hydrogens is 563 g/mol. The van der Waals surface area contributed by atoms with Gasteiger partial charge in [-0.3, -0.25) is 14.5 Å². The molecule has 1 heterocycles. The van der Waals surface area contributed by atoms with Crippen LogP contribution in [0.3, 0.4) is 0 Å². The highest BCUT2D eigenvalue weighted by Gasteiger charge is 2.38. The van der Waals surface area contributed by atoms with E-state index in [-0.39, 0.29) is 16.9 Å². The molecular formula is C28H30F3N3O4S2. The Hall–Kier alpha value is -3.38. The Labute approximate surface area is 239 Å². The molecule has 214 valence electrons. The fraction of sp³-hybridized carbons (Fsp3) is 0.321. The van der Waals surface area contributed by atoms with Gasteiger partial charge < -0.3 is 15.7 Å². The molecule has 7 nitrogen and oxygen atoms in total. The maximum atomic E-state index is 13.4. The molecule has 2 atom stereocenters. The van der Waals surface area contributed by atoms with Gasteiger partial charge in [0.05, 0.1) is 22.6 Å². The molecule has 0 bridgehead atoms. The van der Waals surface area contributed by atoms with Crippen LogP contribution in [-0.2, 0) is 9.59 Å². The molecule has 2 unspecified atom stereocenters. The Morgan fingerprint density at radius 1 is 1.05 bits per heavy atom. The minimum absolute atomic E-state index is 0.0105. The number of rotatable bonds is 11. The summed E-state index contributed by atoms with van der Waals surface area (Å²) in [7, 11) is 2.99. The normalized spacial score (nSPS) is 17.5. The van der Waals surface area contributed by atoms with Crippen LogP contribution in [0.1, 0.15) is 28.6 Å². The summed E-state index contributed by atoms with van der Waals surface area (Å²) in [4.78, 5) is 36.7. The monoisotopic (exact) mass is 593 g/mol. The van der Waals surface area contributed by atoms with Crippen LogP contribution in [0.4, 0.5) is 18.0 Å². The lowest BCUT2D eigenvalue weighted by atomic mass is 9.92. The smallest absolute Gasteiger partial charge is 0.416 e. The van der Waals surface area contributed by atoms with E-state index < -0.39 is 29.8 Å². The van der Waals surface area contributed by atoms with Crippen molar-refractivity contribution in [3.63, 3.8) is 0 Å². The second kappa shape index (κ2) is 14.3. The van der Waals surface area contributed by atoms with E-state index >= 15 is 0 Å². The number of nitrogens with zero attached hydrogens (tertiary/aromatic N) is 1. The first kappa shape index (κ1) is 31.2. The molecule has 3 rings (SSSR count). The highest BCUT2D eigenvalue weighted by Crippen LogP contribution is 2.41. The molecule has 0 saturated heterocycles. The molecule has 1 aromatic rings. The van der Waals surface area contributed by atoms with E-state index in [1.165, 1.54) is 29.8 Å². The largest absolute Gasteiger partial charge is 0.481 e. The lowest BCUT2D eigenvalue weighted by molar-refractivity contribution is -0.136. The first-order chi connectivity index (χ1) is 19.0. The summed E-state index contributed by atoms with van der Waals surface area (Å²) >= 11 is 3.03. The van der Waals surface area contributed by atoms with Gasteiger partial charge in [-0.15, -0.1) is 23.5 Å². The van der Waals surface area contributed by atoms with Gasteiger partial charge in [-0.25, -0.2) is 4.79 Å². The molecule has 0 fully saturated rings. The van der Waals surface area contributed by atoms with E-state index in [4.69, 9.17) is 5.11 Å². The van der Waals surface area contributed by atoms with Gasteiger partial charge in [-0.05, 0) is 47.1 Å². The third-order valence-electron chi connectivity index (χ3n) is 5.99. The molecule has 0 radical (unpaired) electrons. The van der Waals surface area contributed by atoms with E-state index in [1.807, 2.05) is 24.3 Å². The molecule has 40 heavy (non-hydrogen) atoms. The average molecular weight is 594 g/mol. The number of thioether (sulfide) groups is 2. The fourth-order valence-electron chi connectivity index (χ4n) is 3.96. The van der Waals surface area contributed by atoms with Crippen molar-refractivity contribution in [2.45, 2.75) is 29.6 Å². The van der Waals surface area contributed by atoms with Gasteiger partial charge >= 0.3 is 18.2 Å². The summed E-state index contributed by atoms with van der Waals surface area (Å²) in [6, 6.07) is 6.11. The number of carboxylic acid groups (broad SMARTS) is 1. The number of carbonyl (C=O) groups is 3. The van der Waals surface area contributed by atoms with Crippen LogP contribution in [0.25, 0.3) is 6.08 Å². The maximum absolute atomic E-state index is 13.4. The number of hydrogen-bond donors (Lipinski definition) is 3. The molecule has 0 saturated carbocycles. The summed E-state index contributed by atoms with van der Waals surface area (Å²) in [6.07, 6.45) is 6.03. The van der Waals surface area contributed by atoms with Crippen LogP contribution in [0.5, 0.6) is 0 Å². The number of amides is 3. The zero-order chi connectivity index (χ0) is 29.3. The van der Waals surface area contributed by atoms with Gasteiger partial charge in [0.1, 0.15) is 0 Å². The first-order valence-electron chi connectivity index (χ1n) is 12.4. The lowest BCUT2D eigenvalue weighted by Crippen LogP contribution is -2.46. The van der Waals surface area contributed by atoms with Crippen LogP contribution in [-0.4, -0.2) is 65.7 Å². The standard InChI is InChI=1S/C28H30F3N3O4S2/c1-32-24(35)12-14-39-26(40-15-13-25(36)37)20-5-3-4-18(16-20)6-10-22-11-8-19-7-9-21(28(29,30)31)17-23(19)34(22)27(38)33-2/h3-11,16-17,23,26H,12-15H2,1-2H3,(H,32,35)(H,33,38)(H,36,37). The van der Waals surface area contributed by atoms with Gasteiger partial charge in [0.15, 0.2) is 0 Å². The number of benzene rings is 1. The number of hydrogen-bond acceptors (Lipinski definition) is 5. The van der Waals surface area contributed by atoms with Crippen LogP contribution in [0.2, 0.25) is 0 Å². The topological polar surface area (TPSA) is 98.7 Å². The molecule has 1 aliphatic heterocycles. The second-order valence-electron chi connectivity index (χ2n) is 8.73. The molecule has 1 aliphatic carbocycles. The van der Waals surface area contributed by atoms with Crippen molar-refractivity contribution >= 4 is 47.5 Å². The quantitative estimate of drug-likeness (QED) is 0.286.